The minimum atomic E-state index is 0.956. The molecular formula is C9H7I3N2. The molecule has 0 fully saturated rings. The van der Waals surface area contributed by atoms with Gasteiger partial charge in [-0.05, 0) is 73.8 Å². The van der Waals surface area contributed by atoms with Gasteiger partial charge in [-0.1, -0.05) is 6.92 Å². The first-order chi connectivity index (χ1) is 6.63. The molecule has 2 aromatic rings. The van der Waals surface area contributed by atoms with Crippen LogP contribution in [0.2, 0.25) is 0 Å². The Labute approximate surface area is 123 Å². The number of aryl methyl sites for hydroxylation is 1. The number of imidazole rings is 1. The maximum absolute atomic E-state index is 4.53. The summed E-state index contributed by atoms with van der Waals surface area (Å²) in [6, 6.07) is 2.13. The average Bonchev–Trinajstić information content (AvgIpc) is 2.57. The van der Waals surface area contributed by atoms with Crippen molar-refractivity contribution in [2.24, 2.45) is 0 Å². The number of nitrogens with zero attached hydrogens (tertiary/aromatic N) is 1. The van der Waals surface area contributed by atoms with Gasteiger partial charge in [-0.2, -0.15) is 0 Å². The van der Waals surface area contributed by atoms with Crippen LogP contribution in [-0.2, 0) is 6.42 Å². The van der Waals surface area contributed by atoms with E-state index in [0.29, 0.717) is 0 Å². The molecule has 2 nitrogen and oxygen atoms in total. The number of hydrogen-bond acceptors (Lipinski definition) is 1. The lowest BCUT2D eigenvalue weighted by molar-refractivity contribution is 1.000. The van der Waals surface area contributed by atoms with E-state index >= 15 is 0 Å². The molecule has 0 amide bonds. The fourth-order valence-corrected chi connectivity index (χ4v) is 3.48. The minimum absolute atomic E-state index is 0.956. The molecule has 0 spiro atoms. The summed E-state index contributed by atoms with van der Waals surface area (Å²) in [5.41, 5.74) is 2.25. The molecule has 0 saturated carbocycles. The third-order valence-electron chi connectivity index (χ3n) is 2.00. The monoisotopic (exact) mass is 524 g/mol. The molecule has 74 valence electrons. The fourth-order valence-electron chi connectivity index (χ4n) is 1.27. The van der Waals surface area contributed by atoms with Gasteiger partial charge in [0.1, 0.15) is 5.82 Å². The molecule has 0 aliphatic carbocycles. The molecule has 1 N–H and O–H groups in total. The van der Waals surface area contributed by atoms with Gasteiger partial charge < -0.3 is 4.98 Å². The van der Waals surface area contributed by atoms with Crippen molar-refractivity contribution in [3.63, 3.8) is 0 Å². The Kier molecular flexibility index (Phi) is 3.57. The summed E-state index contributed by atoms with van der Waals surface area (Å²) in [6.07, 6.45) is 0.956. The molecule has 1 aromatic carbocycles. The van der Waals surface area contributed by atoms with E-state index in [0.717, 1.165) is 17.8 Å². The second-order valence-electron chi connectivity index (χ2n) is 2.92. The molecule has 1 heterocycles. The molecule has 0 saturated heterocycles. The fraction of sp³-hybridized carbons (Fsp3) is 0.222. The van der Waals surface area contributed by atoms with E-state index in [1.165, 1.54) is 16.2 Å². The van der Waals surface area contributed by atoms with E-state index in [2.05, 4.69) is 90.7 Å². The molecular weight excluding hydrogens is 517 g/mol. The zero-order valence-electron chi connectivity index (χ0n) is 7.37. The number of aromatic amines is 1. The van der Waals surface area contributed by atoms with Gasteiger partial charge in [-0.15, -0.1) is 0 Å². The lowest BCUT2D eigenvalue weighted by Gasteiger charge is -1.99. The average molecular weight is 524 g/mol. The van der Waals surface area contributed by atoms with Gasteiger partial charge in [0, 0.05) is 13.6 Å². The summed E-state index contributed by atoms with van der Waals surface area (Å²) >= 11 is 7.10. The number of aromatic nitrogens is 2. The van der Waals surface area contributed by atoms with Crippen LogP contribution in [0.3, 0.4) is 0 Å². The number of benzene rings is 1. The van der Waals surface area contributed by atoms with E-state index in [9.17, 15) is 0 Å². The summed E-state index contributed by atoms with van der Waals surface area (Å²) in [6.45, 7) is 2.11. The first-order valence-corrected chi connectivity index (χ1v) is 7.39. The van der Waals surface area contributed by atoms with E-state index in [4.69, 9.17) is 0 Å². The molecule has 0 bridgehead atoms. The van der Waals surface area contributed by atoms with Crippen LogP contribution in [0.1, 0.15) is 12.7 Å². The molecule has 14 heavy (non-hydrogen) atoms. The van der Waals surface area contributed by atoms with Crippen LogP contribution >= 0.6 is 67.8 Å². The SMILES string of the molecule is CCc1nc2cc(I)c(I)c(I)c2[nH]1. The summed E-state index contributed by atoms with van der Waals surface area (Å²) < 4.78 is 3.86. The Morgan fingerprint density at radius 3 is 2.64 bits per heavy atom. The first-order valence-electron chi connectivity index (χ1n) is 4.15. The van der Waals surface area contributed by atoms with Crippen molar-refractivity contribution >= 4 is 78.8 Å². The highest BCUT2D eigenvalue weighted by molar-refractivity contribution is 14.1. The van der Waals surface area contributed by atoms with Gasteiger partial charge in [0.05, 0.1) is 14.6 Å². The summed E-state index contributed by atoms with van der Waals surface area (Å²) in [5, 5.41) is 0. The Bertz CT molecular complexity index is 490. The molecule has 0 atom stereocenters. The number of halogens is 3. The maximum atomic E-state index is 4.53. The van der Waals surface area contributed by atoms with Crippen LogP contribution in [0.5, 0.6) is 0 Å². The van der Waals surface area contributed by atoms with Crippen molar-refractivity contribution in [2.45, 2.75) is 13.3 Å². The highest BCUT2D eigenvalue weighted by Gasteiger charge is 2.10. The Balaban J connectivity index is 2.81. The second kappa shape index (κ2) is 4.40. The third kappa shape index (κ3) is 1.91. The molecule has 5 heteroatoms. The van der Waals surface area contributed by atoms with Crippen molar-refractivity contribution in [2.75, 3.05) is 0 Å². The summed E-state index contributed by atoms with van der Waals surface area (Å²) in [7, 11) is 0. The highest BCUT2D eigenvalue weighted by atomic mass is 127. The lowest BCUT2D eigenvalue weighted by Crippen LogP contribution is -1.87. The van der Waals surface area contributed by atoms with E-state index in [-0.39, 0.29) is 0 Å². The third-order valence-corrected chi connectivity index (χ3v) is 7.12. The van der Waals surface area contributed by atoms with Crippen molar-refractivity contribution in [3.05, 3.63) is 22.6 Å². The quantitative estimate of drug-likeness (QED) is 0.445. The minimum Gasteiger partial charge on any atom is -0.341 e. The van der Waals surface area contributed by atoms with Crippen molar-refractivity contribution in [1.29, 1.82) is 0 Å². The highest BCUT2D eigenvalue weighted by Crippen LogP contribution is 2.28. The van der Waals surface area contributed by atoms with E-state index in [1.807, 2.05) is 0 Å². The van der Waals surface area contributed by atoms with Crippen molar-refractivity contribution in [1.82, 2.24) is 9.97 Å². The van der Waals surface area contributed by atoms with Crippen LogP contribution in [0, 0.1) is 10.7 Å². The number of rotatable bonds is 1. The van der Waals surface area contributed by atoms with Crippen LogP contribution < -0.4 is 0 Å². The predicted molar refractivity (Wildman–Crippen MR) is 83.6 cm³/mol. The van der Waals surface area contributed by atoms with Gasteiger partial charge >= 0.3 is 0 Å². The number of hydrogen-bond donors (Lipinski definition) is 1. The number of fused-ring (bicyclic) bond motifs is 1. The molecule has 0 unspecified atom stereocenters. The predicted octanol–water partition coefficient (Wildman–Crippen LogP) is 3.94. The lowest BCUT2D eigenvalue weighted by atomic mass is 10.3. The zero-order valence-corrected chi connectivity index (χ0v) is 13.8. The summed E-state index contributed by atoms with van der Waals surface area (Å²) in [5.74, 6) is 1.07. The van der Waals surface area contributed by atoms with E-state index < -0.39 is 0 Å². The normalized spacial score (nSPS) is 11.1. The van der Waals surface area contributed by atoms with E-state index in [1.54, 1.807) is 0 Å². The van der Waals surface area contributed by atoms with Crippen LogP contribution in [0.15, 0.2) is 6.07 Å². The number of nitrogens with one attached hydrogen (secondary N) is 1. The van der Waals surface area contributed by atoms with Gasteiger partial charge in [-0.3, -0.25) is 0 Å². The Hall–Kier alpha value is 0.880. The standard InChI is InChI=1S/C9H7I3N2/c1-2-6-13-5-3-4(10)7(11)8(12)9(5)14-6/h3H,2H2,1H3,(H,13,14). The van der Waals surface area contributed by atoms with Gasteiger partial charge in [-0.25, -0.2) is 4.98 Å². The van der Waals surface area contributed by atoms with Gasteiger partial charge in [0.25, 0.3) is 0 Å². The smallest absolute Gasteiger partial charge is 0.106 e. The molecule has 1 aromatic heterocycles. The van der Waals surface area contributed by atoms with Crippen molar-refractivity contribution in [3.8, 4) is 0 Å². The second-order valence-corrected chi connectivity index (χ2v) is 6.24. The molecule has 0 aliphatic rings. The Morgan fingerprint density at radius 2 is 2.00 bits per heavy atom. The number of H-pyrrole nitrogens is 1. The van der Waals surface area contributed by atoms with Crippen LogP contribution in [0.25, 0.3) is 11.0 Å². The summed E-state index contributed by atoms with van der Waals surface area (Å²) in [4.78, 5) is 7.88. The largest absolute Gasteiger partial charge is 0.341 e. The van der Waals surface area contributed by atoms with Crippen LogP contribution in [-0.4, -0.2) is 9.97 Å². The van der Waals surface area contributed by atoms with Gasteiger partial charge in [0.2, 0.25) is 0 Å². The first kappa shape index (κ1) is 11.4. The molecule has 2 rings (SSSR count). The van der Waals surface area contributed by atoms with Crippen LogP contribution in [0.4, 0.5) is 0 Å². The Morgan fingerprint density at radius 1 is 1.29 bits per heavy atom. The molecule has 0 radical (unpaired) electrons. The topological polar surface area (TPSA) is 28.7 Å². The molecule has 0 aliphatic heterocycles. The maximum Gasteiger partial charge on any atom is 0.106 e. The van der Waals surface area contributed by atoms with Crippen molar-refractivity contribution < 1.29 is 0 Å². The zero-order chi connectivity index (χ0) is 10.3. The van der Waals surface area contributed by atoms with Gasteiger partial charge in [0.15, 0.2) is 0 Å².